The van der Waals surface area contributed by atoms with Gasteiger partial charge in [-0.1, -0.05) is 11.6 Å². The number of hydrogen-bond donors (Lipinski definition) is 1. The van der Waals surface area contributed by atoms with Crippen LogP contribution in [0.2, 0.25) is 5.02 Å². The zero-order valence-electron chi connectivity index (χ0n) is 25.8. The number of anilines is 1. The summed E-state index contributed by atoms with van der Waals surface area (Å²) in [6, 6.07) is 1.74. The van der Waals surface area contributed by atoms with Gasteiger partial charge in [-0.15, -0.1) is 0 Å². The van der Waals surface area contributed by atoms with E-state index in [2.05, 4.69) is 32.0 Å². The number of aromatic nitrogens is 5. The lowest BCUT2D eigenvalue weighted by Crippen LogP contribution is -2.51. The van der Waals surface area contributed by atoms with Crippen LogP contribution in [-0.4, -0.2) is 114 Å². The molecule has 4 aliphatic heterocycles. The maximum atomic E-state index is 17.0. The molecule has 0 amide bonds. The van der Waals surface area contributed by atoms with Crippen LogP contribution in [0.5, 0.6) is 6.01 Å². The Hall–Kier alpha value is -3.85. The Kier molecular flexibility index (Phi) is 8.30. The molecule has 8 rings (SSSR count). The lowest BCUT2D eigenvalue weighted by molar-refractivity contribution is -0.0111. The SMILES string of the molecule is CO[C@H]1CCN(C)[C@@]1(C)COc1nc2c3cnc(c(F)c3n1)-c1c(c(Cl)cc3[nH]ncc13)CCCOC(=O)O[C@@H]1COCCN2C1. The van der Waals surface area contributed by atoms with Gasteiger partial charge < -0.3 is 28.6 Å². The minimum absolute atomic E-state index is 0.00198. The second-order valence-electron chi connectivity index (χ2n) is 12.1. The van der Waals surface area contributed by atoms with Crippen molar-refractivity contribution in [2.24, 2.45) is 0 Å². The van der Waals surface area contributed by atoms with Crippen LogP contribution in [0.3, 0.4) is 0 Å². The van der Waals surface area contributed by atoms with E-state index in [9.17, 15) is 4.79 Å². The van der Waals surface area contributed by atoms with E-state index in [0.29, 0.717) is 64.2 Å². The van der Waals surface area contributed by atoms with Gasteiger partial charge in [0.15, 0.2) is 5.82 Å². The van der Waals surface area contributed by atoms with Crippen LogP contribution in [-0.2, 0) is 25.4 Å². The highest BCUT2D eigenvalue weighted by atomic mass is 35.5. The Balaban J connectivity index is 1.41. The predicted molar refractivity (Wildman–Crippen MR) is 167 cm³/mol. The summed E-state index contributed by atoms with van der Waals surface area (Å²) in [5, 5.41) is 8.51. The van der Waals surface area contributed by atoms with Crippen molar-refractivity contribution in [2.45, 2.75) is 43.9 Å². The molecule has 3 atom stereocenters. The molecule has 13 nitrogen and oxygen atoms in total. The smallest absolute Gasteiger partial charge is 0.461 e. The number of likely N-dealkylation sites (N-methyl/N-ethyl adjacent to an activating group) is 1. The minimum atomic E-state index is -0.798. The van der Waals surface area contributed by atoms with Crippen molar-refractivity contribution in [3.8, 4) is 17.3 Å². The number of carbonyl (C=O) groups is 1. The molecule has 7 heterocycles. The Morgan fingerprint density at radius 3 is 2.93 bits per heavy atom. The number of nitrogens with one attached hydrogen (secondary N) is 1. The molecule has 6 bridgehead atoms. The molecule has 2 fully saturated rings. The van der Waals surface area contributed by atoms with Gasteiger partial charge in [0, 0.05) is 42.4 Å². The Bertz CT molecular complexity index is 1790. The molecular formula is C31H35ClFN7O6. The number of hydrogen-bond acceptors (Lipinski definition) is 12. The van der Waals surface area contributed by atoms with E-state index in [0.717, 1.165) is 13.0 Å². The first-order valence-corrected chi connectivity index (χ1v) is 15.7. The average molecular weight is 656 g/mol. The van der Waals surface area contributed by atoms with Crippen molar-refractivity contribution in [2.75, 3.05) is 65.1 Å². The number of methoxy groups -OCH3 is 1. The summed E-state index contributed by atoms with van der Waals surface area (Å²) in [7, 11) is 3.70. The molecule has 46 heavy (non-hydrogen) atoms. The van der Waals surface area contributed by atoms with Gasteiger partial charge in [0.2, 0.25) is 0 Å². The normalized spacial score (nSPS) is 24.3. The highest BCUT2D eigenvalue weighted by molar-refractivity contribution is 6.33. The number of rotatable bonds is 4. The first kappa shape index (κ1) is 30.8. The number of likely N-dealkylation sites (tertiary alicyclic amines) is 1. The number of nitrogens with zero attached hydrogens (tertiary/aromatic N) is 6. The summed E-state index contributed by atoms with van der Waals surface area (Å²) in [5.41, 5.74) is 1.41. The predicted octanol–water partition coefficient (Wildman–Crippen LogP) is 4.15. The van der Waals surface area contributed by atoms with Crippen LogP contribution in [0.25, 0.3) is 33.1 Å². The van der Waals surface area contributed by atoms with E-state index in [4.69, 9.17) is 40.3 Å². The average Bonchev–Trinajstić information content (AvgIpc) is 3.53. The maximum absolute atomic E-state index is 17.0. The van der Waals surface area contributed by atoms with Crippen molar-refractivity contribution in [1.29, 1.82) is 0 Å². The van der Waals surface area contributed by atoms with Crippen LogP contribution in [0.1, 0.15) is 25.3 Å². The lowest BCUT2D eigenvalue weighted by Gasteiger charge is -2.35. The molecule has 1 aromatic carbocycles. The molecule has 4 aliphatic rings. The second kappa shape index (κ2) is 12.4. The van der Waals surface area contributed by atoms with E-state index in [1.54, 1.807) is 25.6 Å². The van der Waals surface area contributed by atoms with E-state index in [-0.39, 0.29) is 49.7 Å². The fourth-order valence-corrected chi connectivity index (χ4v) is 6.94. The molecule has 2 saturated heterocycles. The number of carbonyl (C=O) groups excluding carboxylic acids is 1. The molecule has 244 valence electrons. The third-order valence-electron chi connectivity index (χ3n) is 9.34. The first-order valence-electron chi connectivity index (χ1n) is 15.3. The topological polar surface area (TPSA) is 137 Å². The van der Waals surface area contributed by atoms with E-state index in [1.807, 2.05) is 11.9 Å². The van der Waals surface area contributed by atoms with E-state index >= 15 is 4.39 Å². The Morgan fingerprint density at radius 2 is 2.09 bits per heavy atom. The van der Waals surface area contributed by atoms with Crippen molar-refractivity contribution in [1.82, 2.24) is 30.0 Å². The first-order chi connectivity index (χ1) is 22.3. The molecule has 3 aromatic heterocycles. The van der Waals surface area contributed by atoms with Crippen LogP contribution >= 0.6 is 11.6 Å². The van der Waals surface area contributed by atoms with Gasteiger partial charge in [-0.05, 0) is 44.9 Å². The highest BCUT2D eigenvalue weighted by Crippen LogP contribution is 2.40. The van der Waals surface area contributed by atoms with Crippen LogP contribution < -0.4 is 9.64 Å². The summed E-state index contributed by atoms with van der Waals surface area (Å²) < 4.78 is 45.8. The molecule has 1 N–H and O–H groups in total. The van der Waals surface area contributed by atoms with Gasteiger partial charge in [0.25, 0.3) is 0 Å². The Morgan fingerprint density at radius 1 is 1.22 bits per heavy atom. The Labute approximate surface area is 269 Å². The number of fused-ring (bicyclic) bond motifs is 7. The third kappa shape index (κ3) is 5.46. The third-order valence-corrected chi connectivity index (χ3v) is 9.67. The number of ether oxygens (including phenoxy) is 5. The van der Waals surface area contributed by atoms with Crippen molar-refractivity contribution < 1.29 is 32.9 Å². The largest absolute Gasteiger partial charge is 0.508 e. The number of benzene rings is 1. The molecule has 0 spiro atoms. The van der Waals surface area contributed by atoms with E-state index < -0.39 is 23.6 Å². The molecular weight excluding hydrogens is 621 g/mol. The number of pyridine rings is 1. The standard InChI is InChI=1S/C31H35ClFN7O6/c1-31(23(42-3)6-7-39(31)2)16-45-29-36-26-20-12-34-27(25(26)33)24-18(21(32)11-22-19(24)13-35-38-22)5-4-9-44-30(41)46-17-14-40(28(20)37-29)8-10-43-15-17/h11-13,17,23H,4-10,14-16H2,1-3H3,(H,35,38)/t17-,23-,31-/m0/s1. The van der Waals surface area contributed by atoms with E-state index in [1.165, 1.54) is 0 Å². The molecule has 0 radical (unpaired) electrons. The van der Waals surface area contributed by atoms with Gasteiger partial charge >= 0.3 is 12.2 Å². The van der Waals surface area contributed by atoms with Crippen LogP contribution in [0, 0.1) is 5.82 Å². The summed E-state index contributed by atoms with van der Waals surface area (Å²) in [6.07, 6.45) is 3.29. The summed E-state index contributed by atoms with van der Waals surface area (Å²) >= 11 is 6.76. The number of halogens is 2. The van der Waals surface area contributed by atoms with Gasteiger partial charge in [-0.3, -0.25) is 15.0 Å². The molecule has 0 unspecified atom stereocenters. The van der Waals surface area contributed by atoms with Gasteiger partial charge in [0.05, 0.1) is 55.1 Å². The van der Waals surface area contributed by atoms with Crippen molar-refractivity contribution in [3.63, 3.8) is 0 Å². The zero-order chi connectivity index (χ0) is 32.0. The highest BCUT2D eigenvalue weighted by Gasteiger charge is 2.44. The lowest BCUT2D eigenvalue weighted by atomic mass is 9.95. The molecule has 0 saturated carbocycles. The zero-order valence-corrected chi connectivity index (χ0v) is 26.6. The molecule has 4 aromatic rings. The number of H-pyrrole nitrogens is 1. The monoisotopic (exact) mass is 655 g/mol. The summed E-state index contributed by atoms with van der Waals surface area (Å²) in [5.74, 6) is -0.265. The minimum Gasteiger partial charge on any atom is -0.461 e. The second-order valence-corrected chi connectivity index (χ2v) is 12.5. The number of aromatic amines is 1. The quantitative estimate of drug-likeness (QED) is 0.316. The molecule has 15 heteroatoms. The van der Waals surface area contributed by atoms with Crippen molar-refractivity contribution >= 4 is 45.4 Å². The summed E-state index contributed by atoms with van der Waals surface area (Å²) in [4.78, 5) is 30.8. The fraction of sp³-hybridized carbons (Fsp3) is 0.516. The van der Waals surface area contributed by atoms with Gasteiger partial charge in [-0.2, -0.15) is 15.1 Å². The fourth-order valence-electron chi connectivity index (χ4n) is 6.64. The van der Waals surface area contributed by atoms with Gasteiger partial charge in [0.1, 0.15) is 29.7 Å². The van der Waals surface area contributed by atoms with Crippen molar-refractivity contribution in [3.05, 3.63) is 34.9 Å². The van der Waals surface area contributed by atoms with Gasteiger partial charge in [-0.25, -0.2) is 9.18 Å². The van der Waals surface area contributed by atoms with Crippen LogP contribution in [0.4, 0.5) is 15.0 Å². The maximum Gasteiger partial charge on any atom is 0.508 e. The summed E-state index contributed by atoms with van der Waals surface area (Å²) in [6.45, 7) is 4.30. The van der Waals surface area contributed by atoms with Crippen LogP contribution in [0.15, 0.2) is 18.5 Å². The molecule has 0 aliphatic carbocycles.